The number of cyclic esters (lactones) is 1. The number of esters is 8. The zero-order chi connectivity index (χ0) is 81.7. The van der Waals surface area contributed by atoms with Gasteiger partial charge in [-0.3, -0.25) is 0 Å². The highest BCUT2D eigenvalue weighted by Crippen LogP contribution is 2.58. The lowest BCUT2D eigenvalue weighted by atomic mass is 9.91. The highest BCUT2D eigenvalue weighted by Gasteiger charge is 2.57. The number of hydrogen-bond donors (Lipinski definition) is 25. The first-order valence-corrected chi connectivity index (χ1v) is 31.1. The maximum absolute atomic E-state index is 15.4. The van der Waals surface area contributed by atoms with Gasteiger partial charge in [0.1, 0.15) is 43.2 Å². The molecule has 0 aromatic heterocycles. The molecular weight excluding hydrogens is 1520 g/mol. The summed E-state index contributed by atoms with van der Waals surface area (Å²) < 4.78 is 61.4. The molecule has 44 nitrogen and oxygen atoms in total. The first-order valence-electron chi connectivity index (χ1n) is 31.1. The van der Waals surface area contributed by atoms with E-state index in [0.717, 1.165) is 0 Å². The highest BCUT2D eigenvalue weighted by molar-refractivity contribution is 6.10. The summed E-state index contributed by atoms with van der Waals surface area (Å²) in [6, 6.07) is 4.26. The maximum Gasteiger partial charge on any atom is 0.342 e. The van der Waals surface area contributed by atoms with E-state index in [-0.39, 0.29) is 24.3 Å². The van der Waals surface area contributed by atoms with Gasteiger partial charge >= 0.3 is 47.8 Å². The monoisotopic (exact) mass is 1570 g/mol. The molecule has 0 amide bonds. The number of rotatable bonds is 11. The van der Waals surface area contributed by atoms with Crippen LogP contribution in [0.15, 0.2) is 66.7 Å². The summed E-state index contributed by atoms with van der Waals surface area (Å²) in [6.45, 7) is -2.92. The van der Waals surface area contributed by atoms with Gasteiger partial charge in [-0.2, -0.15) is 0 Å². The zero-order valence-electron chi connectivity index (χ0n) is 55.0. The first kappa shape index (κ1) is 76.2. The van der Waals surface area contributed by atoms with Crippen molar-refractivity contribution >= 4 is 47.8 Å². The Morgan fingerprint density at radius 3 is 1.16 bits per heavy atom. The minimum absolute atomic E-state index is 0.138. The van der Waals surface area contributed by atoms with E-state index in [1.54, 1.807) is 0 Å². The standard InChI is InChI=1S/C68H50O44/c69-22-1-14(2-23(70)39(22)79)59(94)102-13-34-56(57-58(68(106-34)112-61(96)16-5-26(73)41(81)27(74)6-16)110-65(100)19-9-30(77)43(83)48(88)36(19)35-18(64(99)109-57)8-29(76)42(82)47(35)87)108-66(101)21-10-31(78)45(85)51(91)54(21)104-32-11-20-38(50(90)46(32)86)37-17(7-28(75)44(84)49(37)89)63(98)107-55-33(12-103-62(20)97)105-67(53(93)52(55)92)111-60(95)15-3-24(71)40(80)25(72)4-15/h1-11,33-34,52-53,55-58,67-93H,12-13H2/t33-,34-,52+,53+,55-,56-,57+,58+,67-,68+/m0/s1. The molecule has 44 heteroatoms. The van der Waals surface area contributed by atoms with Crippen LogP contribution in [0.25, 0.3) is 22.3 Å². The summed E-state index contributed by atoms with van der Waals surface area (Å²) in [7, 11) is 0. The number of aromatic hydroxyl groups is 23. The molecule has 586 valence electrons. The van der Waals surface area contributed by atoms with Gasteiger partial charge < -0.3 is 180 Å². The van der Waals surface area contributed by atoms with Crippen molar-refractivity contribution in [2.45, 2.75) is 61.4 Å². The Kier molecular flexibility index (Phi) is 19.3. The lowest BCUT2D eigenvalue weighted by molar-refractivity contribution is -0.284. The van der Waals surface area contributed by atoms with Crippen LogP contribution in [0.5, 0.6) is 144 Å². The second-order valence-corrected chi connectivity index (χ2v) is 24.3. The molecule has 112 heavy (non-hydrogen) atoms. The molecule has 8 aromatic carbocycles. The summed E-state index contributed by atoms with van der Waals surface area (Å²) >= 11 is 0. The quantitative estimate of drug-likeness (QED) is 0.0498. The fourth-order valence-corrected chi connectivity index (χ4v) is 11.8. The number of benzene rings is 8. The Bertz CT molecular complexity index is 5320. The summed E-state index contributed by atoms with van der Waals surface area (Å²) in [5, 5.41) is 271. The van der Waals surface area contributed by atoms with Crippen LogP contribution in [0.4, 0.5) is 0 Å². The summed E-state index contributed by atoms with van der Waals surface area (Å²) in [4.78, 5) is 116. The number of phenolic OH excluding ortho intramolecular Hbond substituents is 23. The number of ether oxygens (including phenoxy) is 11. The van der Waals surface area contributed by atoms with Crippen LogP contribution in [0, 0.1) is 0 Å². The van der Waals surface area contributed by atoms with Gasteiger partial charge in [-0.05, 0) is 54.6 Å². The molecule has 0 aliphatic carbocycles. The average Bonchev–Trinajstić information content (AvgIpc) is 0.921. The largest absolute Gasteiger partial charge is 0.504 e. The second-order valence-electron chi connectivity index (χ2n) is 24.3. The molecule has 4 aliphatic rings. The van der Waals surface area contributed by atoms with E-state index in [1.165, 1.54) is 0 Å². The fourth-order valence-electron chi connectivity index (χ4n) is 11.8. The lowest BCUT2D eigenvalue weighted by Gasteiger charge is -2.44. The molecule has 0 bridgehead atoms. The first-order chi connectivity index (χ1) is 52.7. The lowest BCUT2D eigenvalue weighted by Crippen LogP contribution is -2.63. The van der Waals surface area contributed by atoms with Gasteiger partial charge in [0.05, 0.1) is 38.9 Å². The van der Waals surface area contributed by atoms with E-state index in [0.29, 0.717) is 42.5 Å². The van der Waals surface area contributed by atoms with Crippen molar-refractivity contribution in [1.29, 1.82) is 0 Å². The van der Waals surface area contributed by atoms with Gasteiger partial charge in [0.2, 0.25) is 53.2 Å². The van der Waals surface area contributed by atoms with Crippen molar-refractivity contribution in [3.63, 3.8) is 0 Å². The molecule has 0 unspecified atom stereocenters. The van der Waals surface area contributed by atoms with E-state index >= 15 is 9.59 Å². The third-order valence-electron chi connectivity index (χ3n) is 17.3. The molecule has 8 aromatic rings. The van der Waals surface area contributed by atoms with Gasteiger partial charge in [0, 0.05) is 34.4 Å². The van der Waals surface area contributed by atoms with Crippen LogP contribution in [0.1, 0.15) is 82.9 Å². The van der Waals surface area contributed by atoms with Crippen LogP contribution in [-0.4, -0.2) is 250 Å². The summed E-state index contributed by atoms with van der Waals surface area (Å²) in [5.41, 5.74) is -14.4. The molecule has 0 saturated carbocycles. The van der Waals surface area contributed by atoms with Gasteiger partial charge in [0.25, 0.3) is 0 Å². The topological polar surface area (TPSA) is 744 Å². The van der Waals surface area contributed by atoms with Crippen molar-refractivity contribution in [3.8, 4) is 166 Å². The molecule has 0 spiro atoms. The van der Waals surface area contributed by atoms with Crippen LogP contribution in [0.2, 0.25) is 0 Å². The predicted octanol–water partition coefficient (Wildman–Crippen LogP) is 1.77. The van der Waals surface area contributed by atoms with Crippen molar-refractivity contribution in [3.05, 3.63) is 111 Å². The molecule has 25 N–H and O–H groups in total. The Morgan fingerprint density at radius 2 is 0.714 bits per heavy atom. The fraction of sp³-hybridized carbons (Fsp3) is 0.176. The molecule has 0 radical (unpaired) electrons. The Balaban J connectivity index is 0.987. The number of fused-ring (bicyclic) bond motifs is 8. The third kappa shape index (κ3) is 13.2. The van der Waals surface area contributed by atoms with Gasteiger partial charge in [-0.25, -0.2) is 38.4 Å². The number of hydrogen-bond acceptors (Lipinski definition) is 44. The molecular formula is C68H50O44. The smallest absolute Gasteiger partial charge is 0.342 e. The minimum Gasteiger partial charge on any atom is -0.504 e. The summed E-state index contributed by atoms with van der Waals surface area (Å²) in [5.74, 6) is -51.1. The maximum atomic E-state index is 15.4. The Morgan fingerprint density at radius 1 is 0.348 bits per heavy atom. The van der Waals surface area contributed by atoms with Crippen LogP contribution in [0.3, 0.4) is 0 Å². The molecule has 4 heterocycles. The van der Waals surface area contributed by atoms with Crippen molar-refractivity contribution in [2.24, 2.45) is 0 Å². The Labute approximate surface area is 616 Å². The van der Waals surface area contributed by atoms with Crippen LogP contribution in [-0.2, 0) is 47.4 Å². The zero-order valence-corrected chi connectivity index (χ0v) is 55.0. The normalized spacial score (nSPS) is 20.6. The van der Waals surface area contributed by atoms with Gasteiger partial charge in [-0.15, -0.1) is 0 Å². The van der Waals surface area contributed by atoms with E-state index in [1.807, 2.05) is 0 Å². The van der Waals surface area contributed by atoms with Crippen molar-refractivity contribution in [2.75, 3.05) is 13.2 Å². The third-order valence-corrected chi connectivity index (χ3v) is 17.3. The van der Waals surface area contributed by atoms with Crippen LogP contribution >= 0.6 is 0 Å². The number of carbonyl (C=O) groups excluding carboxylic acids is 8. The molecule has 2 saturated heterocycles. The number of aliphatic hydroxyl groups is 2. The number of carbonyl (C=O) groups is 8. The van der Waals surface area contributed by atoms with Crippen LogP contribution < -0.4 is 4.74 Å². The minimum atomic E-state index is -2.93. The van der Waals surface area contributed by atoms with Gasteiger partial charge in [-0.1, -0.05) is 0 Å². The molecule has 2 fully saturated rings. The number of aliphatic hydroxyl groups excluding tert-OH is 2. The van der Waals surface area contributed by atoms with Gasteiger partial charge in [0.15, 0.2) is 128 Å². The molecule has 4 aliphatic heterocycles. The highest BCUT2D eigenvalue weighted by atomic mass is 16.8. The predicted molar refractivity (Wildman–Crippen MR) is 345 cm³/mol. The van der Waals surface area contributed by atoms with E-state index in [4.69, 9.17) is 52.1 Å². The SMILES string of the molecule is O=C(OC[C@@H]1O[C@H](OC(=O)c2cc(O)c(O)c(O)c2)[C@@H]2OC(=O)c3cc(O)c(O)c(O)c3-c3c(cc(O)c(O)c3O)C(=O)O[C@@H]2[C@H]1OC(=O)c1cc(O)c(O)c(O)c1Oc1cc2c(c(O)c1O)-c1c(cc(O)c(O)c1O)C(=O)O[C@@H]1[C@H](O)[C@@H](O)[C@H](OC(=O)c3cc(O)c(O)c(O)c3)O[C@H]1COC2=O)c1cc(O)c(O)c(O)c1. The van der Waals surface area contributed by atoms with E-state index in [2.05, 4.69) is 0 Å². The number of phenols is 23. The van der Waals surface area contributed by atoms with E-state index < -0.39 is 333 Å². The van der Waals surface area contributed by atoms with E-state index in [9.17, 15) is 156 Å². The van der Waals surface area contributed by atoms with Crippen molar-refractivity contribution < 1.29 is 218 Å². The molecule has 12 rings (SSSR count). The summed E-state index contributed by atoms with van der Waals surface area (Å²) in [6.07, 6.45) is -26.0. The second kappa shape index (κ2) is 28.4. The molecule has 10 atom stereocenters. The Hall–Kier alpha value is -15.4. The van der Waals surface area contributed by atoms with Crippen molar-refractivity contribution in [1.82, 2.24) is 0 Å². The average molecular weight is 1570 g/mol.